The average molecular weight is 498 g/mol. The van der Waals surface area contributed by atoms with Crippen molar-refractivity contribution in [3.05, 3.63) is 45.9 Å². The second kappa shape index (κ2) is 10.6. The number of benzene rings is 1. The lowest BCUT2D eigenvalue weighted by molar-refractivity contribution is -0.132. The number of carbonyl (C=O) groups is 4. The predicted molar refractivity (Wildman–Crippen MR) is 133 cm³/mol. The van der Waals surface area contributed by atoms with Crippen molar-refractivity contribution in [2.24, 2.45) is 5.92 Å². The van der Waals surface area contributed by atoms with Crippen molar-refractivity contribution < 1.29 is 19.2 Å². The zero-order valence-electron chi connectivity index (χ0n) is 20.2. The molecule has 2 aromatic rings. The Bertz CT molecular complexity index is 1120. The molecule has 0 fully saturated rings. The van der Waals surface area contributed by atoms with E-state index in [9.17, 15) is 19.2 Å². The van der Waals surface area contributed by atoms with Crippen molar-refractivity contribution in [1.82, 2.24) is 20.9 Å². The van der Waals surface area contributed by atoms with E-state index < -0.39 is 18.1 Å². The molecule has 3 N–H and O–H groups in total. The second-order valence-corrected chi connectivity index (χ2v) is 10.2. The number of nitrogens with zero attached hydrogens (tertiary/aromatic N) is 2. The Labute approximate surface area is 208 Å². The van der Waals surface area contributed by atoms with Crippen molar-refractivity contribution in [3.8, 4) is 0 Å². The molecule has 0 radical (unpaired) electrons. The zero-order valence-corrected chi connectivity index (χ0v) is 21.0. The first kappa shape index (κ1) is 24.8. The molecule has 1 aromatic heterocycles. The maximum absolute atomic E-state index is 13.8. The largest absolute Gasteiger partial charge is 0.349 e. The molecule has 4 rings (SSSR count). The van der Waals surface area contributed by atoms with Crippen LogP contribution in [0.15, 0.2) is 29.9 Å². The van der Waals surface area contributed by atoms with Crippen LogP contribution in [-0.2, 0) is 38.6 Å². The lowest BCUT2D eigenvalue weighted by Crippen LogP contribution is -2.58. The molecule has 9 nitrogen and oxygen atoms in total. The van der Waals surface area contributed by atoms with Gasteiger partial charge in [0.2, 0.25) is 23.6 Å². The fourth-order valence-corrected chi connectivity index (χ4v) is 5.31. The molecular weight excluding hydrogens is 466 g/mol. The summed E-state index contributed by atoms with van der Waals surface area (Å²) >= 11 is 1.45. The van der Waals surface area contributed by atoms with Crippen LogP contribution in [0, 0.1) is 5.92 Å². The van der Waals surface area contributed by atoms with Gasteiger partial charge in [-0.1, -0.05) is 38.5 Å². The minimum Gasteiger partial charge on any atom is -0.349 e. The molecule has 2 aliphatic rings. The number of thiazole rings is 1. The van der Waals surface area contributed by atoms with Gasteiger partial charge in [-0.2, -0.15) is 0 Å². The van der Waals surface area contributed by atoms with Crippen LogP contribution in [0.5, 0.6) is 0 Å². The molecule has 4 atom stereocenters. The van der Waals surface area contributed by atoms with Gasteiger partial charge < -0.3 is 16.0 Å². The summed E-state index contributed by atoms with van der Waals surface area (Å²) in [5, 5.41) is 8.53. The molecule has 35 heavy (non-hydrogen) atoms. The number of hydrogen-bond acceptors (Lipinski definition) is 6. The molecule has 2 aliphatic heterocycles. The van der Waals surface area contributed by atoms with Gasteiger partial charge in [0.05, 0.1) is 17.7 Å². The minimum absolute atomic E-state index is 0.0966. The summed E-state index contributed by atoms with van der Waals surface area (Å²) in [6.07, 6.45) is 3.84. The third kappa shape index (κ3) is 5.22. The highest BCUT2D eigenvalue weighted by Crippen LogP contribution is 2.39. The van der Waals surface area contributed by atoms with Gasteiger partial charge in [0, 0.05) is 24.4 Å². The Morgan fingerprint density at radius 1 is 1.26 bits per heavy atom. The summed E-state index contributed by atoms with van der Waals surface area (Å²) in [6.45, 7) is 5.55. The van der Waals surface area contributed by atoms with Crippen LogP contribution in [0.1, 0.15) is 49.6 Å². The number of aromatic nitrogens is 1. The van der Waals surface area contributed by atoms with Gasteiger partial charge in [-0.05, 0) is 29.9 Å². The number of nitrogens with one attached hydrogen (secondary N) is 3. The van der Waals surface area contributed by atoms with E-state index in [1.165, 1.54) is 18.3 Å². The van der Waals surface area contributed by atoms with Crippen LogP contribution in [0.2, 0.25) is 0 Å². The van der Waals surface area contributed by atoms with Gasteiger partial charge in [0.15, 0.2) is 0 Å². The summed E-state index contributed by atoms with van der Waals surface area (Å²) in [5.41, 5.74) is 4.44. The van der Waals surface area contributed by atoms with Gasteiger partial charge in [-0.15, -0.1) is 11.3 Å². The van der Waals surface area contributed by atoms with E-state index in [1.807, 2.05) is 32.0 Å². The van der Waals surface area contributed by atoms with Crippen LogP contribution in [-0.4, -0.2) is 46.7 Å². The fourth-order valence-electron chi connectivity index (χ4n) is 4.78. The van der Waals surface area contributed by atoms with Crippen molar-refractivity contribution in [1.29, 1.82) is 0 Å². The number of aryl methyl sites for hydroxylation is 1. The third-order valence-electron chi connectivity index (χ3n) is 6.80. The summed E-state index contributed by atoms with van der Waals surface area (Å²) in [5.74, 6) is -1.32. The van der Waals surface area contributed by atoms with Gasteiger partial charge in [-0.25, -0.2) is 0 Å². The van der Waals surface area contributed by atoms with E-state index in [2.05, 4.69) is 20.9 Å². The van der Waals surface area contributed by atoms with Crippen LogP contribution in [0.25, 0.3) is 0 Å². The Kier molecular flexibility index (Phi) is 7.49. The molecule has 0 spiro atoms. The topological polar surface area (TPSA) is 121 Å². The van der Waals surface area contributed by atoms with Gasteiger partial charge in [-0.3, -0.25) is 29.1 Å². The average Bonchev–Trinajstić information content (AvgIpc) is 3.47. The van der Waals surface area contributed by atoms with E-state index in [-0.39, 0.29) is 29.5 Å². The van der Waals surface area contributed by atoms with Crippen molar-refractivity contribution in [2.75, 3.05) is 4.90 Å². The number of carbonyl (C=O) groups excluding carboxylic acids is 4. The summed E-state index contributed by atoms with van der Waals surface area (Å²) < 4.78 is 0. The van der Waals surface area contributed by atoms with E-state index in [0.717, 1.165) is 21.7 Å². The highest BCUT2D eigenvalue weighted by Gasteiger charge is 2.44. The van der Waals surface area contributed by atoms with Crippen molar-refractivity contribution >= 4 is 40.7 Å². The number of anilines is 1. The smallest absolute Gasteiger partial charge is 0.250 e. The zero-order chi connectivity index (χ0) is 25.1. The molecule has 10 heteroatoms. The number of rotatable bonds is 8. The van der Waals surface area contributed by atoms with Crippen LogP contribution >= 0.6 is 11.3 Å². The van der Waals surface area contributed by atoms with E-state index in [0.29, 0.717) is 32.2 Å². The quantitative estimate of drug-likeness (QED) is 0.513. The Morgan fingerprint density at radius 2 is 2.03 bits per heavy atom. The monoisotopic (exact) mass is 497 g/mol. The minimum atomic E-state index is -0.794. The van der Waals surface area contributed by atoms with E-state index in [1.54, 1.807) is 16.6 Å². The van der Waals surface area contributed by atoms with Crippen LogP contribution in [0.3, 0.4) is 0 Å². The highest BCUT2D eigenvalue weighted by atomic mass is 32.1. The first-order chi connectivity index (χ1) is 16.8. The van der Waals surface area contributed by atoms with E-state index >= 15 is 0 Å². The van der Waals surface area contributed by atoms with Gasteiger partial charge in [0.1, 0.15) is 18.1 Å². The maximum atomic E-state index is 13.8. The number of amides is 4. The van der Waals surface area contributed by atoms with Crippen molar-refractivity contribution in [3.63, 3.8) is 0 Å². The van der Waals surface area contributed by atoms with Crippen molar-refractivity contribution in [2.45, 2.75) is 71.1 Å². The molecule has 4 amide bonds. The van der Waals surface area contributed by atoms with Gasteiger partial charge in [0.25, 0.3) is 0 Å². The predicted octanol–water partition coefficient (Wildman–Crippen LogP) is 1.70. The Hall–Kier alpha value is -3.27. The number of para-hydroxylation sites is 1. The first-order valence-corrected chi connectivity index (χ1v) is 12.8. The lowest BCUT2D eigenvalue weighted by atomic mass is 9.97. The maximum Gasteiger partial charge on any atom is 0.250 e. The summed E-state index contributed by atoms with van der Waals surface area (Å²) in [7, 11) is 0. The van der Waals surface area contributed by atoms with E-state index in [4.69, 9.17) is 0 Å². The van der Waals surface area contributed by atoms with Crippen LogP contribution < -0.4 is 20.9 Å². The normalized spacial score (nSPS) is 20.4. The molecular formula is C25H31N5O4S. The third-order valence-corrected chi connectivity index (χ3v) is 7.58. The fraction of sp³-hybridized carbons (Fsp3) is 0.480. The van der Waals surface area contributed by atoms with Crippen LogP contribution in [0.4, 0.5) is 5.69 Å². The molecule has 186 valence electrons. The Balaban J connectivity index is 1.56. The second-order valence-electron chi connectivity index (χ2n) is 9.20. The molecule has 0 saturated carbocycles. The summed E-state index contributed by atoms with van der Waals surface area (Å²) in [4.78, 5) is 58.4. The summed E-state index contributed by atoms with van der Waals surface area (Å²) in [6, 6.07) is 3.65. The Morgan fingerprint density at radius 3 is 2.71 bits per heavy atom. The molecule has 0 saturated heterocycles. The molecule has 0 aliphatic carbocycles. The lowest BCUT2D eigenvalue weighted by Gasteiger charge is -2.29. The highest BCUT2D eigenvalue weighted by molar-refractivity contribution is 7.09. The molecule has 3 heterocycles. The van der Waals surface area contributed by atoms with Gasteiger partial charge >= 0.3 is 0 Å². The first-order valence-electron chi connectivity index (χ1n) is 12.0. The SMILES string of the molecule is CC[C@H](C)[C@H](NC(C)=O)C(=O)N[C@H]1CCc2cccc3c2N(C1=O)[C@H](C(=O)NCc1cncs1)C3. The number of hydrogen-bond donors (Lipinski definition) is 3. The molecule has 0 bridgehead atoms. The molecule has 0 unspecified atom stereocenters. The standard InChI is InChI=1S/C25H31N5O4S/c1-4-14(2)21(28-15(3)31)24(33)29-19-9-8-16-6-5-7-17-10-20(30(22(16)17)25(19)34)23(32)27-12-18-11-26-13-35-18/h5-7,11,13-14,19-21H,4,8-10,12H2,1-3H3,(H,27,32)(H,28,31)(H,29,33)/t14-,19-,20-,21-/m0/s1. The molecule has 1 aromatic carbocycles.